The zero-order chi connectivity index (χ0) is 14.9. The van der Waals surface area contributed by atoms with Gasteiger partial charge in [0.15, 0.2) is 5.96 Å². The van der Waals surface area contributed by atoms with E-state index < -0.39 is 0 Å². The molecule has 128 valence electrons. The molecule has 2 aliphatic rings. The predicted octanol–water partition coefficient (Wildman–Crippen LogP) is 2.42. The van der Waals surface area contributed by atoms with Gasteiger partial charge in [-0.15, -0.1) is 24.0 Å². The minimum atomic E-state index is 0. The first-order valence-electron chi connectivity index (χ1n) is 8.07. The minimum absolute atomic E-state index is 0. The molecule has 6 heteroatoms. The third kappa shape index (κ3) is 6.42. The van der Waals surface area contributed by atoms with Gasteiger partial charge in [-0.25, -0.2) is 0 Å². The maximum atomic E-state index is 5.68. The second kappa shape index (κ2) is 11.2. The molecule has 0 amide bonds. The van der Waals surface area contributed by atoms with E-state index in [1.165, 1.54) is 25.7 Å². The molecular formula is C16H30IN3O2. The van der Waals surface area contributed by atoms with Gasteiger partial charge < -0.3 is 19.7 Å². The first kappa shape index (κ1) is 19.7. The number of methoxy groups -OCH3 is 1. The van der Waals surface area contributed by atoms with E-state index in [0.29, 0.717) is 6.61 Å². The molecule has 1 atom stereocenters. The molecule has 1 unspecified atom stereocenters. The SMILES string of the molecule is CN=C(NCCC1=CCCCC1)N1CCOC(COC)C1.I. The largest absolute Gasteiger partial charge is 0.382 e. The van der Waals surface area contributed by atoms with E-state index in [4.69, 9.17) is 9.47 Å². The Morgan fingerprint density at radius 1 is 1.50 bits per heavy atom. The lowest BCUT2D eigenvalue weighted by Gasteiger charge is -2.34. The summed E-state index contributed by atoms with van der Waals surface area (Å²) in [4.78, 5) is 6.67. The molecular weight excluding hydrogens is 393 g/mol. The van der Waals surface area contributed by atoms with Crippen LogP contribution >= 0.6 is 24.0 Å². The second-order valence-electron chi connectivity index (χ2n) is 5.73. The summed E-state index contributed by atoms with van der Waals surface area (Å²) in [5, 5.41) is 3.49. The summed E-state index contributed by atoms with van der Waals surface area (Å²) >= 11 is 0. The Hall–Kier alpha value is -0.340. The molecule has 0 aromatic heterocycles. The highest BCUT2D eigenvalue weighted by atomic mass is 127. The first-order chi connectivity index (χ1) is 10.3. The number of allylic oxidation sites excluding steroid dienone is 1. The zero-order valence-corrected chi connectivity index (χ0v) is 16.2. The average Bonchev–Trinajstić information content (AvgIpc) is 2.53. The van der Waals surface area contributed by atoms with Crippen LogP contribution in [0.25, 0.3) is 0 Å². The fourth-order valence-corrected chi connectivity index (χ4v) is 3.00. The molecule has 0 saturated carbocycles. The highest BCUT2D eigenvalue weighted by Gasteiger charge is 2.22. The van der Waals surface area contributed by atoms with Crippen molar-refractivity contribution in [1.29, 1.82) is 0 Å². The van der Waals surface area contributed by atoms with Crippen molar-refractivity contribution in [2.75, 3.05) is 47.0 Å². The van der Waals surface area contributed by atoms with Crippen molar-refractivity contribution in [2.24, 2.45) is 4.99 Å². The van der Waals surface area contributed by atoms with Crippen LogP contribution in [0.3, 0.4) is 0 Å². The van der Waals surface area contributed by atoms with Gasteiger partial charge in [-0.2, -0.15) is 0 Å². The van der Waals surface area contributed by atoms with E-state index in [2.05, 4.69) is 21.3 Å². The number of guanidine groups is 1. The van der Waals surface area contributed by atoms with Crippen LogP contribution in [0.1, 0.15) is 32.1 Å². The fourth-order valence-electron chi connectivity index (χ4n) is 3.00. The normalized spacial score (nSPS) is 22.8. The summed E-state index contributed by atoms with van der Waals surface area (Å²) in [6.45, 7) is 4.07. The van der Waals surface area contributed by atoms with E-state index in [1.54, 1.807) is 12.7 Å². The number of nitrogens with zero attached hydrogens (tertiary/aromatic N) is 2. The number of ether oxygens (including phenoxy) is 2. The van der Waals surface area contributed by atoms with Gasteiger partial charge in [0, 0.05) is 33.8 Å². The number of rotatable bonds is 5. The molecule has 1 fully saturated rings. The standard InChI is InChI=1S/C16H29N3O2.HI/c1-17-16(18-9-8-14-6-4-3-5-7-14)19-10-11-21-15(12-19)13-20-2;/h6,15H,3-5,7-13H2,1-2H3,(H,17,18);1H. The number of hydrogen-bond donors (Lipinski definition) is 1. The maximum absolute atomic E-state index is 5.68. The molecule has 0 aromatic rings. The summed E-state index contributed by atoms with van der Waals surface area (Å²) < 4.78 is 10.9. The van der Waals surface area contributed by atoms with E-state index >= 15 is 0 Å². The minimum Gasteiger partial charge on any atom is -0.382 e. The molecule has 0 aromatic carbocycles. The molecule has 0 radical (unpaired) electrons. The summed E-state index contributed by atoms with van der Waals surface area (Å²) in [6, 6.07) is 0. The number of aliphatic imine (C=N–C) groups is 1. The Morgan fingerprint density at radius 3 is 3.05 bits per heavy atom. The summed E-state index contributed by atoms with van der Waals surface area (Å²) in [6.07, 6.45) is 8.92. The van der Waals surface area contributed by atoms with Crippen LogP contribution in [0.4, 0.5) is 0 Å². The third-order valence-corrected chi connectivity index (χ3v) is 4.12. The van der Waals surface area contributed by atoms with Crippen LogP contribution < -0.4 is 5.32 Å². The molecule has 1 N–H and O–H groups in total. The highest BCUT2D eigenvalue weighted by molar-refractivity contribution is 14.0. The van der Waals surface area contributed by atoms with Gasteiger partial charge in [0.25, 0.3) is 0 Å². The Bertz CT molecular complexity index is 372. The average molecular weight is 423 g/mol. The molecule has 1 aliphatic carbocycles. The summed E-state index contributed by atoms with van der Waals surface area (Å²) in [5.74, 6) is 0.982. The Morgan fingerprint density at radius 2 is 2.36 bits per heavy atom. The lowest BCUT2D eigenvalue weighted by Crippen LogP contribution is -2.51. The van der Waals surface area contributed by atoms with Crippen LogP contribution in [0.2, 0.25) is 0 Å². The van der Waals surface area contributed by atoms with Crippen molar-refractivity contribution in [3.8, 4) is 0 Å². The van der Waals surface area contributed by atoms with Crippen molar-refractivity contribution in [2.45, 2.75) is 38.2 Å². The molecule has 2 rings (SSSR count). The molecule has 1 saturated heterocycles. The zero-order valence-electron chi connectivity index (χ0n) is 13.8. The molecule has 0 bridgehead atoms. The lowest BCUT2D eigenvalue weighted by atomic mass is 9.97. The number of hydrogen-bond acceptors (Lipinski definition) is 3. The van der Waals surface area contributed by atoms with Gasteiger partial charge in [0.05, 0.1) is 19.3 Å². The molecule has 22 heavy (non-hydrogen) atoms. The third-order valence-electron chi connectivity index (χ3n) is 4.12. The van der Waals surface area contributed by atoms with E-state index in [1.807, 2.05) is 7.05 Å². The number of nitrogens with one attached hydrogen (secondary N) is 1. The Kier molecular flexibility index (Phi) is 10.1. The van der Waals surface area contributed by atoms with Crippen molar-refractivity contribution in [3.05, 3.63) is 11.6 Å². The van der Waals surface area contributed by atoms with Crippen LogP contribution in [0.5, 0.6) is 0 Å². The van der Waals surface area contributed by atoms with Gasteiger partial charge in [0.2, 0.25) is 0 Å². The van der Waals surface area contributed by atoms with Crippen molar-refractivity contribution in [3.63, 3.8) is 0 Å². The van der Waals surface area contributed by atoms with Gasteiger partial charge in [-0.05, 0) is 32.1 Å². The molecule has 1 aliphatic heterocycles. The van der Waals surface area contributed by atoms with Crippen molar-refractivity contribution >= 4 is 29.9 Å². The quantitative estimate of drug-likeness (QED) is 0.319. The topological polar surface area (TPSA) is 46.1 Å². The lowest BCUT2D eigenvalue weighted by molar-refractivity contribution is -0.0447. The molecule has 0 spiro atoms. The van der Waals surface area contributed by atoms with Crippen LogP contribution in [0, 0.1) is 0 Å². The smallest absolute Gasteiger partial charge is 0.193 e. The monoisotopic (exact) mass is 423 g/mol. The van der Waals surface area contributed by atoms with Crippen molar-refractivity contribution in [1.82, 2.24) is 10.2 Å². The predicted molar refractivity (Wildman–Crippen MR) is 101 cm³/mol. The van der Waals surface area contributed by atoms with Gasteiger partial charge in [-0.1, -0.05) is 11.6 Å². The fraction of sp³-hybridized carbons (Fsp3) is 0.812. The van der Waals surface area contributed by atoms with E-state index in [9.17, 15) is 0 Å². The van der Waals surface area contributed by atoms with E-state index in [-0.39, 0.29) is 30.1 Å². The van der Waals surface area contributed by atoms with Crippen molar-refractivity contribution < 1.29 is 9.47 Å². The first-order valence-corrected chi connectivity index (χ1v) is 8.07. The number of halogens is 1. The van der Waals surface area contributed by atoms with Gasteiger partial charge in [-0.3, -0.25) is 4.99 Å². The molecule has 5 nitrogen and oxygen atoms in total. The number of morpholine rings is 1. The second-order valence-corrected chi connectivity index (χ2v) is 5.73. The van der Waals surface area contributed by atoms with Crippen LogP contribution in [0.15, 0.2) is 16.6 Å². The highest BCUT2D eigenvalue weighted by Crippen LogP contribution is 2.19. The Balaban J connectivity index is 0.00000242. The van der Waals surface area contributed by atoms with E-state index in [0.717, 1.165) is 38.6 Å². The Labute approximate surface area is 151 Å². The summed E-state index contributed by atoms with van der Waals surface area (Å²) in [5.41, 5.74) is 1.60. The molecule has 1 heterocycles. The maximum Gasteiger partial charge on any atom is 0.193 e. The summed E-state index contributed by atoms with van der Waals surface area (Å²) in [7, 11) is 3.57. The van der Waals surface area contributed by atoms with Gasteiger partial charge in [0.1, 0.15) is 0 Å². The van der Waals surface area contributed by atoms with Gasteiger partial charge >= 0.3 is 0 Å². The van der Waals surface area contributed by atoms with Crippen LogP contribution in [-0.4, -0.2) is 64.0 Å². The van der Waals surface area contributed by atoms with Crippen LogP contribution in [-0.2, 0) is 9.47 Å².